The van der Waals surface area contributed by atoms with Crippen LogP contribution in [0.4, 0.5) is 5.69 Å². The molecule has 0 aromatic heterocycles. The number of anilines is 1. The predicted octanol–water partition coefficient (Wildman–Crippen LogP) is 2.02. The van der Waals surface area contributed by atoms with Crippen LogP contribution >= 0.6 is 0 Å². The molecule has 3 aliphatic rings. The standard InChI is InChI=1S/C28H32N4O5/c33-25(30-11-5-6-12-30)18-29-13-15-31(16-14-29)26(34)19-32-24-10-4-3-8-21(24)23(17-27(35)36)20-7-1-2-9-22(20)28(32)37/h1-4,7-10,23H,5-6,11-19H2,(H,35,36). The molecular weight excluding hydrogens is 472 g/mol. The highest BCUT2D eigenvalue weighted by Gasteiger charge is 2.35. The molecule has 9 heteroatoms. The number of carboxylic acid groups (broad SMARTS) is 1. The smallest absolute Gasteiger partial charge is 0.304 e. The third-order valence-electron chi connectivity index (χ3n) is 7.63. The fourth-order valence-corrected chi connectivity index (χ4v) is 5.65. The van der Waals surface area contributed by atoms with Gasteiger partial charge >= 0.3 is 5.97 Å². The predicted molar refractivity (Wildman–Crippen MR) is 137 cm³/mol. The molecule has 0 radical (unpaired) electrons. The molecule has 194 valence electrons. The number of hydrogen-bond acceptors (Lipinski definition) is 5. The summed E-state index contributed by atoms with van der Waals surface area (Å²) in [6.07, 6.45) is 1.98. The Morgan fingerprint density at radius 2 is 1.35 bits per heavy atom. The van der Waals surface area contributed by atoms with Crippen LogP contribution < -0.4 is 4.90 Å². The minimum absolute atomic E-state index is 0.128. The van der Waals surface area contributed by atoms with E-state index >= 15 is 0 Å². The van der Waals surface area contributed by atoms with Crippen molar-refractivity contribution in [2.75, 3.05) is 57.3 Å². The molecule has 37 heavy (non-hydrogen) atoms. The molecule has 3 heterocycles. The minimum Gasteiger partial charge on any atom is -0.481 e. The maximum atomic E-state index is 13.7. The molecule has 1 atom stereocenters. The Labute approximate surface area is 216 Å². The summed E-state index contributed by atoms with van der Waals surface area (Å²) in [4.78, 5) is 58.5. The summed E-state index contributed by atoms with van der Waals surface area (Å²) in [6.45, 7) is 4.12. The summed E-state index contributed by atoms with van der Waals surface area (Å²) in [5, 5.41) is 9.61. The maximum Gasteiger partial charge on any atom is 0.304 e. The van der Waals surface area contributed by atoms with Crippen LogP contribution in [0, 0.1) is 0 Å². The Morgan fingerprint density at radius 1 is 0.757 bits per heavy atom. The number of carboxylic acids is 1. The average Bonchev–Trinajstić information content (AvgIpc) is 3.43. The second-order valence-corrected chi connectivity index (χ2v) is 9.93. The summed E-state index contributed by atoms with van der Waals surface area (Å²) in [6, 6.07) is 14.3. The molecule has 1 unspecified atom stereocenters. The number of likely N-dealkylation sites (tertiary alicyclic amines) is 1. The van der Waals surface area contributed by atoms with Crippen molar-refractivity contribution in [1.82, 2.24) is 14.7 Å². The first-order chi connectivity index (χ1) is 17.9. The lowest BCUT2D eigenvalue weighted by atomic mass is 9.86. The number of hydrogen-bond donors (Lipinski definition) is 1. The van der Waals surface area contributed by atoms with Crippen LogP contribution in [0.5, 0.6) is 0 Å². The van der Waals surface area contributed by atoms with E-state index in [0.717, 1.165) is 31.5 Å². The molecule has 0 spiro atoms. The Hall–Kier alpha value is -3.72. The Morgan fingerprint density at radius 3 is 2.05 bits per heavy atom. The topological polar surface area (TPSA) is 101 Å². The average molecular weight is 505 g/mol. The van der Waals surface area contributed by atoms with Gasteiger partial charge in [-0.25, -0.2) is 0 Å². The van der Waals surface area contributed by atoms with Crippen molar-refractivity contribution in [2.45, 2.75) is 25.2 Å². The zero-order valence-corrected chi connectivity index (χ0v) is 20.8. The van der Waals surface area contributed by atoms with Gasteiger partial charge in [0.25, 0.3) is 5.91 Å². The van der Waals surface area contributed by atoms with Crippen molar-refractivity contribution >= 4 is 29.4 Å². The fourth-order valence-electron chi connectivity index (χ4n) is 5.65. The highest BCUT2D eigenvalue weighted by molar-refractivity contribution is 6.11. The quantitative estimate of drug-likeness (QED) is 0.646. The molecule has 3 aliphatic heterocycles. The number of carbonyl (C=O) groups is 4. The van der Waals surface area contributed by atoms with E-state index in [1.165, 1.54) is 4.90 Å². The van der Waals surface area contributed by atoms with E-state index < -0.39 is 11.9 Å². The van der Waals surface area contributed by atoms with Crippen LogP contribution in [0.15, 0.2) is 48.5 Å². The normalized spacial score (nSPS) is 19.8. The first-order valence-electron chi connectivity index (χ1n) is 12.9. The lowest BCUT2D eigenvalue weighted by molar-refractivity contribution is -0.137. The Bertz CT molecular complexity index is 1200. The largest absolute Gasteiger partial charge is 0.481 e. The van der Waals surface area contributed by atoms with Gasteiger partial charge in [-0.05, 0) is 36.1 Å². The van der Waals surface area contributed by atoms with E-state index in [1.807, 2.05) is 17.0 Å². The zero-order chi connectivity index (χ0) is 25.9. The van der Waals surface area contributed by atoms with Gasteiger partial charge in [-0.15, -0.1) is 0 Å². The van der Waals surface area contributed by atoms with Gasteiger partial charge in [0.1, 0.15) is 6.54 Å². The highest BCUT2D eigenvalue weighted by Crippen LogP contribution is 2.40. The number of benzene rings is 2. The number of para-hydroxylation sites is 1. The van der Waals surface area contributed by atoms with E-state index in [2.05, 4.69) is 4.90 Å². The SMILES string of the molecule is O=C(O)CC1c2ccccc2C(=O)N(CC(=O)N2CCN(CC(=O)N3CCCC3)CC2)c2ccccc21. The van der Waals surface area contributed by atoms with Crippen molar-refractivity contribution in [3.63, 3.8) is 0 Å². The summed E-state index contributed by atoms with van der Waals surface area (Å²) < 4.78 is 0. The number of rotatable bonds is 6. The van der Waals surface area contributed by atoms with Crippen LogP contribution in [-0.2, 0) is 14.4 Å². The second-order valence-electron chi connectivity index (χ2n) is 9.93. The minimum atomic E-state index is -0.951. The van der Waals surface area contributed by atoms with Gasteiger partial charge < -0.3 is 14.9 Å². The number of aliphatic carboxylic acids is 1. The molecule has 0 saturated carbocycles. The van der Waals surface area contributed by atoms with Crippen LogP contribution in [0.2, 0.25) is 0 Å². The molecule has 5 rings (SSSR count). The van der Waals surface area contributed by atoms with Gasteiger partial charge in [0.2, 0.25) is 11.8 Å². The third kappa shape index (κ3) is 5.22. The molecular formula is C28H32N4O5. The van der Waals surface area contributed by atoms with Gasteiger partial charge in [0, 0.05) is 56.4 Å². The van der Waals surface area contributed by atoms with Crippen molar-refractivity contribution in [3.05, 3.63) is 65.2 Å². The summed E-state index contributed by atoms with van der Waals surface area (Å²) in [5.41, 5.74) is 2.37. The first kappa shape index (κ1) is 25.0. The lowest BCUT2D eigenvalue weighted by Gasteiger charge is -2.36. The lowest BCUT2D eigenvalue weighted by Crippen LogP contribution is -2.53. The van der Waals surface area contributed by atoms with E-state index in [1.54, 1.807) is 41.3 Å². The van der Waals surface area contributed by atoms with Crippen LogP contribution in [0.3, 0.4) is 0 Å². The molecule has 2 saturated heterocycles. The summed E-state index contributed by atoms with van der Waals surface area (Å²) in [7, 11) is 0. The van der Waals surface area contributed by atoms with Crippen molar-refractivity contribution in [2.24, 2.45) is 0 Å². The Balaban J connectivity index is 1.32. The van der Waals surface area contributed by atoms with Gasteiger partial charge in [-0.2, -0.15) is 0 Å². The molecule has 0 aliphatic carbocycles. The molecule has 2 aromatic carbocycles. The van der Waals surface area contributed by atoms with E-state index in [-0.39, 0.29) is 30.7 Å². The third-order valence-corrected chi connectivity index (χ3v) is 7.63. The molecule has 3 amide bonds. The van der Waals surface area contributed by atoms with Gasteiger partial charge in [-0.1, -0.05) is 36.4 Å². The van der Waals surface area contributed by atoms with Crippen LogP contribution in [0.1, 0.15) is 46.7 Å². The van der Waals surface area contributed by atoms with E-state index in [9.17, 15) is 24.3 Å². The monoisotopic (exact) mass is 504 g/mol. The van der Waals surface area contributed by atoms with Crippen LogP contribution in [-0.4, -0.2) is 95.9 Å². The maximum absolute atomic E-state index is 13.7. The summed E-state index contributed by atoms with van der Waals surface area (Å²) in [5.74, 6) is -1.76. The fraction of sp³-hybridized carbons (Fsp3) is 0.429. The van der Waals surface area contributed by atoms with Gasteiger partial charge in [0.05, 0.1) is 13.0 Å². The number of fused-ring (bicyclic) bond motifs is 2. The number of piperazine rings is 1. The van der Waals surface area contributed by atoms with Crippen molar-refractivity contribution in [1.29, 1.82) is 0 Å². The van der Waals surface area contributed by atoms with Gasteiger partial charge in [-0.3, -0.25) is 29.0 Å². The number of amides is 3. The van der Waals surface area contributed by atoms with Gasteiger partial charge in [0.15, 0.2) is 0 Å². The molecule has 2 aromatic rings. The van der Waals surface area contributed by atoms with Crippen molar-refractivity contribution < 1.29 is 24.3 Å². The van der Waals surface area contributed by atoms with Crippen LogP contribution in [0.25, 0.3) is 0 Å². The molecule has 2 fully saturated rings. The molecule has 1 N–H and O–H groups in total. The highest BCUT2D eigenvalue weighted by atomic mass is 16.4. The molecule has 0 bridgehead atoms. The van der Waals surface area contributed by atoms with Crippen molar-refractivity contribution in [3.8, 4) is 0 Å². The Kier molecular flexibility index (Phi) is 7.23. The second kappa shape index (κ2) is 10.7. The van der Waals surface area contributed by atoms with E-state index in [4.69, 9.17) is 0 Å². The molecule has 9 nitrogen and oxygen atoms in total. The number of carbonyl (C=O) groups excluding carboxylic acids is 3. The number of nitrogens with zero attached hydrogens (tertiary/aromatic N) is 4. The van der Waals surface area contributed by atoms with E-state index in [0.29, 0.717) is 49.5 Å². The summed E-state index contributed by atoms with van der Waals surface area (Å²) >= 11 is 0. The zero-order valence-electron chi connectivity index (χ0n) is 20.8. The first-order valence-corrected chi connectivity index (χ1v) is 12.9.